The molecule has 1 N–H and O–H groups in total. The molecule has 7 nitrogen and oxygen atoms in total. The van der Waals surface area contributed by atoms with E-state index in [0.29, 0.717) is 11.4 Å². The number of pyridine rings is 1. The summed E-state index contributed by atoms with van der Waals surface area (Å²) in [6, 6.07) is 20.3. The number of hydrogen-bond acceptors (Lipinski definition) is 5. The second-order valence-electron chi connectivity index (χ2n) is 7.89. The average Bonchev–Trinajstić information content (AvgIpc) is 2.88. The Kier molecular flexibility index (Phi) is 7.14. The van der Waals surface area contributed by atoms with Gasteiger partial charge in [0.1, 0.15) is 5.82 Å². The molecule has 0 atom stereocenters. The fourth-order valence-electron chi connectivity index (χ4n) is 3.70. The van der Waals surface area contributed by atoms with Crippen molar-refractivity contribution >= 4 is 27.5 Å². The van der Waals surface area contributed by atoms with Gasteiger partial charge in [-0.25, -0.2) is 23.1 Å². The summed E-state index contributed by atoms with van der Waals surface area (Å²) < 4.78 is 28.0. The molecule has 0 bridgehead atoms. The molecule has 3 aromatic rings. The topological polar surface area (TPSA) is 91.7 Å². The first kappa shape index (κ1) is 22.7. The number of nitrogens with one attached hydrogen (secondary N) is 1. The minimum Gasteiger partial charge on any atom is -0.267 e. The molecule has 1 fully saturated rings. The molecule has 0 unspecified atom stereocenters. The van der Waals surface area contributed by atoms with Crippen molar-refractivity contribution in [2.45, 2.75) is 43.5 Å². The van der Waals surface area contributed by atoms with Crippen LogP contribution in [0.5, 0.6) is 0 Å². The van der Waals surface area contributed by atoms with Crippen LogP contribution in [0.2, 0.25) is 0 Å². The Morgan fingerprint density at radius 3 is 2.27 bits per heavy atom. The van der Waals surface area contributed by atoms with Gasteiger partial charge in [-0.3, -0.25) is 4.79 Å². The van der Waals surface area contributed by atoms with Gasteiger partial charge in [-0.05, 0) is 67.6 Å². The zero-order chi connectivity index (χ0) is 23.1. The molecule has 8 heteroatoms. The Labute approximate surface area is 194 Å². The molecule has 1 aliphatic rings. The Morgan fingerprint density at radius 1 is 0.909 bits per heavy atom. The van der Waals surface area contributed by atoms with E-state index in [0.717, 1.165) is 37.0 Å². The summed E-state index contributed by atoms with van der Waals surface area (Å²) in [4.78, 5) is 16.9. The minimum atomic E-state index is -3.83. The summed E-state index contributed by atoms with van der Waals surface area (Å²) in [5, 5.41) is 4.26. The highest BCUT2D eigenvalue weighted by atomic mass is 32.2. The lowest BCUT2D eigenvalue weighted by Gasteiger charge is -2.23. The van der Waals surface area contributed by atoms with Crippen molar-refractivity contribution < 1.29 is 13.2 Å². The van der Waals surface area contributed by atoms with E-state index in [4.69, 9.17) is 0 Å². The van der Waals surface area contributed by atoms with Crippen LogP contribution >= 0.6 is 0 Å². The molecule has 1 heterocycles. The Bertz CT molecular complexity index is 1200. The van der Waals surface area contributed by atoms with Crippen molar-refractivity contribution in [3.05, 3.63) is 90.1 Å². The van der Waals surface area contributed by atoms with Crippen LogP contribution in [0.15, 0.2) is 89.0 Å². The third kappa shape index (κ3) is 5.64. The number of carbonyl (C=O) groups excluding carboxylic acids is 1. The van der Waals surface area contributed by atoms with Gasteiger partial charge in [0.15, 0.2) is 0 Å². The Morgan fingerprint density at radius 2 is 1.61 bits per heavy atom. The lowest BCUT2D eigenvalue weighted by atomic mass is 9.99. The third-order valence-corrected chi connectivity index (χ3v) is 7.29. The van der Waals surface area contributed by atoms with Gasteiger partial charge in [0.2, 0.25) is 0 Å². The molecule has 1 amide bonds. The van der Waals surface area contributed by atoms with Gasteiger partial charge in [-0.2, -0.15) is 5.10 Å². The van der Waals surface area contributed by atoms with Gasteiger partial charge in [0.05, 0.1) is 11.4 Å². The van der Waals surface area contributed by atoms with Crippen molar-refractivity contribution in [3.63, 3.8) is 0 Å². The number of sulfonamides is 1. The van der Waals surface area contributed by atoms with E-state index in [9.17, 15) is 13.2 Å². The number of hydrazone groups is 1. The number of nitrogens with zero attached hydrogens (tertiary/aromatic N) is 3. The molecule has 1 saturated carbocycles. The summed E-state index contributed by atoms with van der Waals surface area (Å²) in [5.41, 5.74) is 4.86. The van der Waals surface area contributed by atoms with Crippen molar-refractivity contribution in [1.29, 1.82) is 0 Å². The zero-order valence-corrected chi connectivity index (χ0v) is 19.0. The number of hydrogen-bond donors (Lipinski definition) is 1. The maximum absolute atomic E-state index is 13.4. The predicted octanol–water partition coefficient (Wildman–Crippen LogP) is 4.53. The van der Waals surface area contributed by atoms with Crippen LogP contribution in [0.1, 0.15) is 48.0 Å². The summed E-state index contributed by atoms with van der Waals surface area (Å²) in [7, 11) is -3.83. The second kappa shape index (κ2) is 10.4. The highest BCUT2D eigenvalue weighted by Crippen LogP contribution is 2.24. The first-order chi connectivity index (χ1) is 16.0. The quantitative estimate of drug-likeness (QED) is 0.522. The SMILES string of the molecule is O=C(NN=C1CCCCC1)c1ccc(CN(c2ccccn2)S(=O)(=O)c2ccccc2)cc1. The Balaban J connectivity index is 1.53. The van der Waals surface area contributed by atoms with Crippen LogP contribution in [0.3, 0.4) is 0 Å². The maximum atomic E-state index is 13.4. The van der Waals surface area contributed by atoms with E-state index in [-0.39, 0.29) is 17.3 Å². The molecule has 4 rings (SSSR count). The van der Waals surface area contributed by atoms with Crippen LogP contribution in [0.25, 0.3) is 0 Å². The first-order valence-corrected chi connectivity index (χ1v) is 12.4. The number of rotatable bonds is 7. The highest BCUT2D eigenvalue weighted by Gasteiger charge is 2.26. The van der Waals surface area contributed by atoms with Crippen LogP contribution < -0.4 is 9.73 Å². The van der Waals surface area contributed by atoms with E-state index in [1.54, 1.807) is 79.0 Å². The van der Waals surface area contributed by atoms with E-state index >= 15 is 0 Å². The van der Waals surface area contributed by atoms with Crippen molar-refractivity contribution in [1.82, 2.24) is 10.4 Å². The lowest BCUT2D eigenvalue weighted by molar-refractivity contribution is 0.0954. The Hall–Kier alpha value is -3.52. The van der Waals surface area contributed by atoms with Crippen molar-refractivity contribution in [2.24, 2.45) is 5.10 Å². The standard InChI is InChI=1S/C25H26N4O3S/c30-25(28-27-22-9-3-1-4-10-22)21-16-14-20(15-17-21)19-29(24-13-7-8-18-26-24)33(31,32)23-11-5-2-6-12-23/h2,5-8,11-18H,1,3-4,9-10,19H2,(H,28,30). The van der Waals surface area contributed by atoms with Crippen molar-refractivity contribution in [2.75, 3.05) is 4.31 Å². The monoisotopic (exact) mass is 462 g/mol. The van der Waals surface area contributed by atoms with Crippen LogP contribution in [-0.4, -0.2) is 25.0 Å². The number of carbonyl (C=O) groups is 1. The molecule has 1 aromatic heterocycles. The van der Waals surface area contributed by atoms with E-state index in [1.165, 1.54) is 10.7 Å². The molecule has 0 saturated heterocycles. The smallest absolute Gasteiger partial charge is 0.267 e. The van der Waals surface area contributed by atoms with Crippen LogP contribution in [0, 0.1) is 0 Å². The molecule has 0 aliphatic heterocycles. The molecule has 170 valence electrons. The normalized spacial score (nSPS) is 13.9. The summed E-state index contributed by atoms with van der Waals surface area (Å²) in [6.45, 7) is 0.0818. The zero-order valence-electron chi connectivity index (χ0n) is 18.2. The highest BCUT2D eigenvalue weighted by molar-refractivity contribution is 7.92. The van der Waals surface area contributed by atoms with Gasteiger partial charge in [-0.15, -0.1) is 0 Å². The summed E-state index contributed by atoms with van der Waals surface area (Å²) in [5.74, 6) is 0.0459. The summed E-state index contributed by atoms with van der Waals surface area (Å²) in [6.07, 6.45) is 6.86. The number of benzene rings is 2. The van der Waals surface area contributed by atoms with E-state index in [1.807, 2.05) is 0 Å². The largest absolute Gasteiger partial charge is 0.271 e. The van der Waals surface area contributed by atoms with E-state index in [2.05, 4.69) is 15.5 Å². The van der Waals surface area contributed by atoms with E-state index < -0.39 is 10.0 Å². The minimum absolute atomic E-state index is 0.0818. The molecule has 0 spiro atoms. The fourth-order valence-corrected chi connectivity index (χ4v) is 5.13. The number of anilines is 1. The molecule has 33 heavy (non-hydrogen) atoms. The van der Waals surface area contributed by atoms with Crippen LogP contribution in [-0.2, 0) is 16.6 Å². The van der Waals surface area contributed by atoms with Gasteiger partial charge in [-0.1, -0.05) is 42.8 Å². The fraction of sp³-hybridized carbons (Fsp3) is 0.240. The molecule has 0 radical (unpaired) electrons. The van der Waals surface area contributed by atoms with Gasteiger partial charge in [0, 0.05) is 17.5 Å². The lowest BCUT2D eigenvalue weighted by Crippen LogP contribution is -2.31. The van der Waals surface area contributed by atoms with Gasteiger partial charge < -0.3 is 0 Å². The predicted molar refractivity (Wildman–Crippen MR) is 128 cm³/mol. The molecule has 2 aromatic carbocycles. The van der Waals surface area contributed by atoms with Crippen LogP contribution in [0.4, 0.5) is 5.82 Å². The molecular weight excluding hydrogens is 436 g/mol. The third-order valence-electron chi connectivity index (χ3n) is 5.52. The average molecular weight is 463 g/mol. The number of amides is 1. The van der Waals surface area contributed by atoms with Crippen molar-refractivity contribution in [3.8, 4) is 0 Å². The molecule has 1 aliphatic carbocycles. The van der Waals surface area contributed by atoms with Gasteiger partial charge in [0.25, 0.3) is 15.9 Å². The summed E-state index contributed by atoms with van der Waals surface area (Å²) >= 11 is 0. The van der Waals surface area contributed by atoms with Gasteiger partial charge >= 0.3 is 0 Å². The number of aromatic nitrogens is 1. The maximum Gasteiger partial charge on any atom is 0.271 e. The molecular formula is C25H26N4O3S. The second-order valence-corrected chi connectivity index (χ2v) is 9.75. The first-order valence-electron chi connectivity index (χ1n) is 11.0.